The van der Waals surface area contributed by atoms with Crippen LogP contribution in [0.15, 0.2) is 36.5 Å². The van der Waals surface area contributed by atoms with Crippen LogP contribution in [-0.2, 0) is 0 Å². The van der Waals surface area contributed by atoms with Crippen molar-refractivity contribution in [1.82, 2.24) is 4.98 Å². The van der Waals surface area contributed by atoms with Crippen molar-refractivity contribution in [1.29, 1.82) is 0 Å². The first-order valence-corrected chi connectivity index (χ1v) is 5.54. The Bertz CT molecular complexity index is 654. The number of pyridine rings is 1. The number of aldehydes is 1. The molecule has 0 saturated heterocycles. The van der Waals surface area contributed by atoms with Crippen LogP contribution in [-0.4, -0.2) is 23.5 Å². The van der Waals surface area contributed by atoms with Crippen molar-refractivity contribution in [3.05, 3.63) is 53.3 Å². The van der Waals surface area contributed by atoms with E-state index in [-0.39, 0.29) is 17.1 Å². The standard InChI is InChI=1S/C15H11NO3/c1-19-14-9-11(8-12(10-17)15(14)18)5-6-13-4-2-3-7-16-13/h2-4,7-10,18H,1H3. The number of aromatic hydroxyl groups is 1. The molecule has 0 aliphatic rings. The number of ether oxygens (including phenoxy) is 1. The van der Waals surface area contributed by atoms with Crippen LogP contribution >= 0.6 is 0 Å². The molecule has 0 aliphatic carbocycles. The summed E-state index contributed by atoms with van der Waals surface area (Å²) < 4.78 is 4.99. The van der Waals surface area contributed by atoms with Crippen molar-refractivity contribution < 1.29 is 14.6 Å². The highest BCUT2D eigenvalue weighted by Gasteiger charge is 2.08. The topological polar surface area (TPSA) is 59.4 Å². The first kappa shape index (κ1) is 12.7. The number of carbonyl (C=O) groups is 1. The molecule has 0 saturated carbocycles. The molecule has 0 fully saturated rings. The van der Waals surface area contributed by atoms with Crippen LogP contribution in [0.1, 0.15) is 21.6 Å². The molecule has 4 nitrogen and oxygen atoms in total. The number of carbonyl (C=O) groups excluding carboxylic acids is 1. The van der Waals surface area contributed by atoms with Crippen LogP contribution in [0, 0.1) is 11.8 Å². The molecule has 0 unspecified atom stereocenters. The van der Waals surface area contributed by atoms with Crippen LogP contribution in [0.2, 0.25) is 0 Å². The second kappa shape index (κ2) is 5.69. The molecule has 1 aromatic heterocycles. The number of benzene rings is 1. The first-order valence-electron chi connectivity index (χ1n) is 5.54. The van der Waals surface area contributed by atoms with E-state index in [4.69, 9.17) is 4.74 Å². The van der Waals surface area contributed by atoms with Crippen molar-refractivity contribution in [2.45, 2.75) is 0 Å². The van der Waals surface area contributed by atoms with Crippen molar-refractivity contribution in [2.24, 2.45) is 0 Å². The average Bonchev–Trinajstić information content (AvgIpc) is 2.47. The normalized spacial score (nSPS) is 9.32. The maximum atomic E-state index is 10.8. The molecule has 0 aliphatic heterocycles. The SMILES string of the molecule is COc1cc(C#Cc2ccccn2)cc(C=O)c1O. The van der Waals surface area contributed by atoms with Gasteiger partial charge in [0.05, 0.1) is 12.7 Å². The third-order valence-electron chi connectivity index (χ3n) is 2.45. The lowest BCUT2D eigenvalue weighted by atomic mass is 10.1. The Kier molecular flexibility index (Phi) is 3.79. The minimum absolute atomic E-state index is 0.143. The molecule has 4 heteroatoms. The van der Waals surface area contributed by atoms with Crippen LogP contribution in [0.5, 0.6) is 11.5 Å². The van der Waals surface area contributed by atoms with Gasteiger partial charge in [-0.1, -0.05) is 12.0 Å². The number of methoxy groups -OCH3 is 1. The highest BCUT2D eigenvalue weighted by atomic mass is 16.5. The van der Waals surface area contributed by atoms with Gasteiger partial charge >= 0.3 is 0 Å². The highest BCUT2D eigenvalue weighted by Crippen LogP contribution is 2.30. The molecule has 1 N–H and O–H groups in total. The zero-order valence-corrected chi connectivity index (χ0v) is 10.3. The summed E-state index contributed by atoms with van der Waals surface area (Å²) in [5.74, 6) is 5.78. The Hall–Kier alpha value is -2.80. The Labute approximate surface area is 110 Å². The molecule has 1 aromatic carbocycles. The van der Waals surface area contributed by atoms with Crippen molar-refractivity contribution >= 4 is 6.29 Å². The minimum Gasteiger partial charge on any atom is -0.504 e. The molecule has 2 aromatic rings. The lowest BCUT2D eigenvalue weighted by molar-refractivity contribution is 0.112. The van der Waals surface area contributed by atoms with Crippen molar-refractivity contribution in [3.8, 4) is 23.3 Å². The molecule has 0 radical (unpaired) electrons. The van der Waals surface area contributed by atoms with E-state index in [0.717, 1.165) is 0 Å². The quantitative estimate of drug-likeness (QED) is 0.657. The molecular formula is C15H11NO3. The number of phenols is 1. The number of hydrogen-bond donors (Lipinski definition) is 1. The van der Waals surface area contributed by atoms with Crippen LogP contribution in [0.25, 0.3) is 0 Å². The third-order valence-corrected chi connectivity index (χ3v) is 2.45. The fraction of sp³-hybridized carbons (Fsp3) is 0.0667. The van der Waals surface area contributed by atoms with E-state index in [2.05, 4.69) is 16.8 Å². The second-order valence-electron chi connectivity index (χ2n) is 3.70. The third kappa shape index (κ3) is 2.90. The Morgan fingerprint density at radius 3 is 2.79 bits per heavy atom. The lowest BCUT2D eigenvalue weighted by Crippen LogP contribution is -1.91. The fourth-order valence-corrected chi connectivity index (χ4v) is 1.52. The van der Waals surface area contributed by atoms with Gasteiger partial charge in [0.25, 0.3) is 0 Å². The Morgan fingerprint density at radius 1 is 1.32 bits per heavy atom. The smallest absolute Gasteiger partial charge is 0.168 e. The summed E-state index contributed by atoms with van der Waals surface area (Å²) >= 11 is 0. The lowest BCUT2D eigenvalue weighted by Gasteiger charge is -2.05. The summed E-state index contributed by atoms with van der Waals surface area (Å²) in [5.41, 5.74) is 1.34. The van der Waals surface area contributed by atoms with E-state index in [1.54, 1.807) is 24.4 Å². The van der Waals surface area contributed by atoms with Crippen LogP contribution in [0.3, 0.4) is 0 Å². The minimum atomic E-state index is -0.180. The Morgan fingerprint density at radius 2 is 2.16 bits per heavy atom. The van der Waals surface area contributed by atoms with Gasteiger partial charge < -0.3 is 9.84 Å². The number of rotatable bonds is 2. The summed E-state index contributed by atoms with van der Waals surface area (Å²) in [5, 5.41) is 9.68. The van der Waals surface area contributed by atoms with Crippen molar-refractivity contribution in [2.75, 3.05) is 7.11 Å². The van der Waals surface area contributed by atoms with Gasteiger partial charge in [0.15, 0.2) is 17.8 Å². The molecule has 0 bridgehead atoms. The van der Waals surface area contributed by atoms with Crippen LogP contribution < -0.4 is 4.74 Å². The van der Waals surface area contributed by atoms with Gasteiger partial charge in [0.2, 0.25) is 0 Å². The van der Waals surface area contributed by atoms with Gasteiger partial charge in [-0.25, -0.2) is 4.98 Å². The number of hydrogen-bond acceptors (Lipinski definition) is 4. The number of phenolic OH excluding ortho intramolecular Hbond substituents is 1. The monoisotopic (exact) mass is 253 g/mol. The van der Waals surface area contributed by atoms with E-state index < -0.39 is 0 Å². The summed E-state index contributed by atoms with van der Waals surface area (Å²) in [4.78, 5) is 14.9. The van der Waals surface area contributed by atoms with Crippen LogP contribution in [0.4, 0.5) is 0 Å². The predicted molar refractivity (Wildman–Crippen MR) is 70.3 cm³/mol. The van der Waals surface area contributed by atoms with Gasteiger partial charge in [-0.15, -0.1) is 0 Å². The molecule has 0 amide bonds. The highest BCUT2D eigenvalue weighted by molar-refractivity contribution is 5.82. The Balaban J connectivity index is 2.42. The average molecular weight is 253 g/mol. The zero-order valence-electron chi connectivity index (χ0n) is 10.3. The summed E-state index contributed by atoms with van der Waals surface area (Å²) in [6.45, 7) is 0. The number of nitrogens with zero attached hydrogens (tertiary/aromatic N) is 1. The number of aromatic nitrogens is 1. The van der Waals surface area contributed by atoms with Gasteiger partial charge in [0.1, 0.15) is 5.69 Å². The van der Waals surface area contributed by atoms with Gasteiger partial charge in [-0.3, -0.25) is 4.79 Å². The fourth-order valence-electron chi connectivity index (χ4n) is 1.52. The summed E-state index contributed by atoms with van der Waals surface area (Å²) in [6, 6.07) is 8.49. The first-order chi connectivity index (χ1) is 9.24. The molecule has 19 heavy (non-hydrogen) atoms. The molecular weight excluding hydrogens is 242 g/mol. The molecule has 1 heterocycles. The maximum absolute atomic E-state index is 10.8. The van der Waals surface area contributed by atoms with Gasteiger partial charge in [-0.05, 0) is 30.2 Å². The zero-order chi connectivity index (χ0) is 13.7. The molecule has 94 valence electrons. The van der Waals surface area contributed by atoms with E-state index in [0.29, 0.717) is 17.5 Å². The van der Waals surface area contributed by atoms with Gasteiger partial charge in [-0.2, -0.15) is 0 Å². The molecule has 0 spiro atoms. The van der Waals surface area contributed by atoms with E-state index in [9.17, 15) is 9.90 Å². The predicted octanol–water partition coefficient (Wildman–Crippen LogP) is 2.01. The molecule has 2 rings (SSSR count). The largest absolute Gasteiger partial charge is 0.504 e. The van der Waals surface area contributed by atoms with E-state index >= 15 is 0 Å². The van der Waals surface area contributed by atoms with E-state index in [1.165, 1.54) is 13.2 Å². The molecule has 0 atom stereocenters. The van der Waals surface area contributed by atoms with Crippen molar-refractivity contribution in [3.63, 3.8) is 0 Å². The second-order valence-corrected chi connectivity index (χ2v) is 3.70. The summed E-state index contributed by atoms with van der Waals surface area (Å²) in [6.07, 6.45) is 2.21. The maximum Gasteiger partial charge on any atom is 0.168 e. The van der Waals surface area contributed by atoms with Gasteiger partial charge in [0, 0.05) is 11.8 Å². The summed E-state index contributed by atoms with van der Waals surface area (Å²) in [7, 11) is 1.42. The van der Waals surface area contributed by atoms with E-state index in [1.807, 2.05) is 6.07 Å².